The van der Waals surface area contributed by atoms with Crippen molar-refractivity contribution in [3.05, 3.63) is 76.9 Å². The summed E-state index contributed by atoms with van der Waals surface area (Å²) in [7, 11) is 0. The SMILES string of the molecule is O=C([O-])CCc1ccc(-c2ccccc2)n1-c1ccc(Br)cc1. The van der Waals surface area contributed by atoms with Gasteiger partial charge in [0, 0.05) is 21.8 Å². The molecule has 0 spiro atoms. The van der Waals surface area contributed by atoms with Crippen molar-refractivity contribution in [1.29, 1.82) is 0 Å². The second-order valence-electron chi connectivity index (χ2n) is 5.26. The Morgan fingerprint density at radius 3 is 2.30 bits per heavy atom. The Morgan fingerprint density at radius 2 is 1.65 bits per heavy atom. The average Bonchev–Trinajstić information content (AvgIpc) is 2.98. The van der Waals surface area contributed by atoms with E-state index in [0.717, 1.165) is 27.1 Å². The zero-order valence-corrected chi connectivity index (χ0v) is 14.0. The van der Waals surface area contributed by atoms with Crippen LogP contribution in [0.25, 0.3) is 16.9 Å². The van der Waals surface area contributed by atoms with Crippen LogP contribution < -0.4 is 5.11 Å². The van der Waals surface area contributed by atoms with Gasteiger partial charge in [-0.05, 0) is 54.8 Å². The predicted octanol–water partition coefficient (Wildman–Crippen LogP) is 3.59. The van der Waals surface area contributed by atoms with E-state index in [1.54, 1.807) is 0 Å². The van der Waals surface area contributed by atoms with Crippen LogP contribution >= 0.6 is 15.9 Å². The van der Waals surface area contributed by atoms with Crippen molar-refractivity contribution in [2.24, 2.45) is 0 Å². The molecule has 3 nitrogen and oxygen atoms in total. The number of carboxylic acid groups (broad SMARTS) is 1. The van der Waals surface area contributed by atoms with Gasteiger partial charge < -0.3 is 14.5 Å². The second kappa shape index (κ2) is 6.84. The van der Waals surface area contributed by atoms with Crippen molar-refractivity contribution >= 4 is 21.9 Å². The highest BCUT2D eigenvalue weighted by Gasteiger charge is 2.11. The first-order chi connectivity index (χ1) is 11.1. The van der Waals surface area contributed by atoms with Crippen LogP contribution in [0.1, 0.15) is 12.1 Å². The van der Waals surface area contributed by atoms with Gasteiger partial charge in [-0.1, -0.05) is 46.3 Å². The Hall–Kier alpha value is -2.33. The van der Waals surface area contributed by atoms with E-state index in [1.165, 1.54) is 0 Å². The second-order valence-corrected chi connectivity index (χ2v) is 6.18. The van der Waals surface area contributed by atoms with Gasteiger partial charge in [-0.25, -0.2) is 0 Å². The first kappa shape index (κ1) is 15.6. The molecule has 2 aromatic carbocycles. The van der Waals surface area contributed by atoms with E-state index in [-0.39, 0.29) is 6.42 Å². The molecule has 1 heterocycles. The lowest BCUT2D eigenvalue weighted by atomic mass is 10.1. The number of carboxylic acids is 1. The lowest BCUT2D eigenvalue weighted by Gasteiger charge is -2.14. The fraction of sp³-hybridized carbons (Fsp3) is 0.105. The highest BCUT2D eigenvalue weighted by molar-refractivity contribution is 9.10. The number of nitrogens with zero attached hydrogens (tertiary/aromatic N) is 1. The number of aryl methyl sites for hydroxylation is 1. The van der Waals surface area contributed by atoms with E-state index in [4.69, 9.17) is 0 Å². The number of hydrogen-bond donors (Lipinski definition) is 0. The van der Waals surface area contributed by atoms with E-state index in [0.29, 0.717) is 6.42 Å². The molecule has 0 saturated heterocycles. The van der Waals surface area contributed by atoms with E-state index >= 15 is 0 Å². The van der Waals surface area contributed by atoms with Crippen molar-refractivity contribution in [3.63, 3.8) is 0 Å². The smallest absolute Gasteiger partial charge is 0.0531 e. The molecule has 0 amide bonds. The molecule has 0 saturated carbocycles. The highest BCUT2D eigenvalue weighted by Crippen LogP contribution is 2.28. The summed E-state index contributed by atoms with van der Waals surface area (Å²) >= 11 is 3.45. The third kappa shape index (κ3) is 3.54. The third-order valence-electron chi connectivity index (χ3n) is 3.70. The monoisotopic (exact) mass is 368 g/mol. The lowest BCUT2D eigenvalue weighted by molar-refractivity contribution is -0.305. The fourth-order valence-electron chi connectivity index (χ4n) is 2.63. The van der Waals surface area contributed by atoms with Crippen molar-refractivity contribution in [3.8, 4) is 16.9 Å². The van der Waals surface area contributed by atoms with Gasteiger partial charge in [-0.15, -0.1) is 0 Å². The number of carbonyl (C=O) groups excluding carboxylic acids is 1. The normalized spacial score (nSPS) is 10.7. The van der Waals surface area contributed by atoms with Gasteiger partial charge in [-0.3, -0.25) is 0 Å². The summed E-state index contributed by atoms with van der Waals surface area (Å²) in [5, 5.41) is 10.8. The number of aromatic nitrogens is 1. The molecule has 0 atom stereocenters. The maximum atomic E-state index is 10.8. The summed E-state index contributed by atoms with van der Waals surface area (Å²) in [6, 6.07) is 22.1. The minimum absolute atomic E-state index is 0.00870. The van der Waals surface area contributed by atoms with Gasteiger partial charge in [0.2, 0.25) is 0 Å². The number of carbonyl (C=O) groups is 1. The van der Waals surface area contributed by atoms with E-state index in [1.807, 2.05) is 66.7 Å². The molecule has 0 radical (unpaired) electrons. The molecule has 3 aromatic rings. The molecule has 0 fully saturated rings. The minimum atomic E-state index is -1.03. The average molecular weight is 369 g/mol. The van der Waals surface area contributed by atoms with Crippen LogP contribution in [-0.4, -0.2) is 10.5 Å². The van der Waals surface area contributed by atoms with Crippen LogP contribution in [0, 0.1) is 0 Å². The molecule has 3 rings (SSSR count). The summed E-state index contributed by atoms with van der Waals surface area (Å²) in [5.74, 6) is -1.03. The lowest BCUT2D eigenvalue weighted by Crippen LogP contribution is -2.22. The largest absolute Gasteiger partial charge is 0.550 e. The summed E-state index contributed by atoms with van der Waals surface area (Å²) in [6.07, 6.45) is 0.444. The standard InChI is InChI=1S/C19H16BrNO2/c20-15-6-8-16(9-7-15)21-17(11-13-19(22)23)10-12-18(21)14-4-2-1-3-5-14/h1-10,12H,11,13H2,(H,22,23)/p-1. The molecule has 0 aliphatic heterocycles. The van der Waals surface area contributed by atoms with Crippen LogP contribution in [0.3, 0.4) is 0 Å². The zero-order chi connectivity index (χ0) is 16.2. The van der Waals surface area contributed by atoms with Crippen LogP contribution in [-0.2, 0) is 11.2 Å². The summed E-state index contributed by atoms with van der Waals surface area (Å²) < 4.78 is 3.11. The molecule has 0 aliphatic carbocycles. The molecule has 0 bridgehead atoms. The summed E-state index contributed by atoms with van der Waals surface area (Å²) in [6.45, 7) is 0. The topological polar surface area (TPSA) is 45.1 Å². The Balaban J connectivity index is 2.10. The van der Waals surface area contributed by atoms with Crippen molar-refractivity contribution < 1.29 is 9.90 Å². The van der Waals surface area contributed by atoms with Gasteiger partial charge in [0.25, 0.3) is 0 Å². The van der Waals surface area contributed by atoms with E-state index in [2.05, 4.69) is 20.5 Å². The summed E-state index contributed by atoms with van der Waals surface area (Å²) in [4.78, 5) is 10.8. The highest BCUT2D eigenvalue weighted by atomic mass is 79.9. The third-order valence-corrected chi connectivity index (χ3v) is 4.23. The minimum Gasteiger partial charge on any atom is -0.550 e. The molecule has 1 aromatic heterocycles. The first-order valence-corrected chi connectivity index (χ1v) is 8.16. The number of halogens is 1. The molecule has 116 valence electrons. The zero-order valence-electron chi connectivity index (χ0n) is 12.4. The quantitative estimate of drug-likeness (QED) is 0.690. The predicted molar refractivity (Wildman–Crippen MR) is 92.2 cm³/mol. The van der Waals surface area contributed by atoms with Crippen LogP contribution in [0.5, 0.6) is 0 Å². The molecule has 0 aliphatic rings. The molecule has 4 heteroatoms. The van der Waals surface area contributed by atoms with E-state index < -0.39 is 5.97 Å². The Kier molecular flexibility index (Phi) is 4.63. The van der Waals surface area contributed by atoms with Crippen molar-refractivity contribution in [2.75, 3.05) is 0 Å². The summed E-state index contributed by atoms with van der Waals surface area (Å²) in [5.41, 5.74) is 4.09. The number of hydrogen-bond acceptors (Lipinski definition) is 2. The number of rotatable bonds is 5. The Bertz CT molecular complexity index is 807. The van der Waals surface area contributed by atoms with Crippen molar-refractivity contribution in [2.45, 2.75) is 12.8 Å². The maximum Gasteiger partial charge on any atom is 0.0531 e. The molecule has 0 unspecified atom stereocenters. The van der Waals surface area contributed by atoms with Gasteiger partial charge in [-0.2, -0.15) is 0 Å². The van der Waals surface area contributed by atoms with Crippen LogP contribution in [0.4, 0.5) is 0 Å². The molecular formula is C19H15BrNO2-. The van der Waals surface area contributed by atoms with Gasteiger partial charge in [0.1, 0.15) is 0 Å². The fourth-order valence-corrected chi connectivity index (χ4v) is 2.90. The molecule has 23 heavy (non-hydrogen) atoms. The van der Waals surface area contributed by atoms with Gasteiger partial charge >= 0.3 is 0 Å². The van der Waals surface area contributed by atoms with Crippen LogP contribution in [0.15, 0.2) is 71.2 Å². The van der Waals surface area contributed by atoms with Crippen molar-refractivity contribution in [1.82, 2.24) is 4.57 Å². The molecule has 0 N–H and O–H groups in total. The van der Waals surface area contributed by atoms with Gasteiger partial charge in [0.05, 0.1) is 5.69 Å². The van der Waals surface area contributed by atoms with Gasteiger partial charge in [0.15, 0.2) is 0 Å². The number of benzene rings is 2. The van der Waals surface area contributed by atoms with Crippen LogP contribution in [0.2, 0.25) is 0 Å². The molecular weight excluding hydrogens is 354 g/mol. The maximum absolute atomic E-state index is 10.8. The Morgan fingerprint density at radius 1 is 0.957 bits per heavy atom. The first-order valence-electron chi connectivity index (χ1n) is 7.37. The Labute approximate surface area is 143 Å². The van der Waals surface area contributed by atoms with E-state index in [9.17, 15) is 9.90 Å². The number of aliphatic carboxylic acids is 1.